The summed E-state index contributed by atoms with van der Waals surface area (Å²) >= 11 is 0. The summed E-state index contributed by atoms with van der Waals surface area (Å²) in [4.78, 5) is 27.6. The molecule has 0 aromatic carbocycles. The van der Waals surface area contributed by atoms with Crippen molar-refractivity contribution < 1.29 is 9.59 Å². The maximum absolute atomic E-state index is 12.2. The summed E-state index contributed by atoms with van der Waals surface area (Å²) in [7, 11) is 3.46. The van der Waals surface area contributed by atoms with E-state index in [1.807, 2.05) is 0 Å². The zero-order chi connectivity index (χ0) is 13.7. The van der Waals surface area contributed by atoms with E-state index in [-0.39, 0.29) is 17.9 Å². The molecule has 1 heterocycles. The van der Waals surface area contributed by atoms with E-state index in [1.54, 1.807) is 23.9 Å². The van der Waals surface area contributed by atoms with Gasteiger partial charge in [-0.3, -0.25) is 9.59 Å². The Hall–Kier alpha value is -1.10. The number of hydrogen-bond donors (Lipinski definition) is 1. The summed E-state index contributed by atoms with van der Waals surface area (Å²) in [6.07, 6.45) is 1.53. The minimum absolute atomic E-state index is 0.000276. The number of hydrogen-bond acceptors (Lipinski definition) is 3. The van der Waals surface area contributed by atoms with Crippen LogP contribution in [-0.4, -0.2) is 61.4 Å². The van der Waals surface area contributed by atoms with Crippen LogP contribution in [0.3, 0.4) is 0 Å². The van der Waals surface area contributed by atoms with Gasteiger partial charge in [-0.15, -0.1) is 0 Å². The zero-order valence-corrected chi connectivity index (χ0v) is 11.9. The summed E-state index contributed by atoms with van der Waals surface area (Å²) in [5.74, 6) is 0.480. The van der Waals surface area contributed by atoms with Gasteiger partial charge in [0.1, 0.15) is 6.04 Å². The van der Waals surface area contributed by atoms with Crippen LogP contribution in [0.2, 0.25) is 0 Å². The third-order valence-corrected chi connectivity index (χ3v) is 3.51. The lowest BCUT2D eigenvalue weighted by Gasteiger charge is -2.37. The first kappa shape index (κ1) is 15.0. The molecule has 0 bridgehead atoms. The van der Waals surface area contributed by atoms with Crippen LogP contribution in [0.4, 0.5) is 0 Å². The summed E-state index contributed by atoms with van der Waals surface area (Å²) in [6, 6.07) is -0.342. The van der Waals surface area contributed by atoms with Gasteiger partial charge in [-0.2, -0.15) is 0 Å². The Kier molecular flexibility index (Phi) is 5.59. The van der Waals surface area contributed by atoms with Crippen LogP contribution in [0.1, 0.15) is 26.7 Å². The number of nitrogens with one attached hydrogen (secondary N) is 1. The standard InChI is InChI=1S/C13H25N3O2/c1-5-10(2)8-12(17)16-7-6-14-9-11(16)13(18)15(3)4/h10-11,14H,5-9H2,1-4H3. The van der Waals surface area contributed by atoms with Gasteiger partial charge in [0.25, 0.3) is 0 Å². The minimum Gasteiger partial charge on any atom is -0.347 e. The molecule has 104 valence electrons. The molecule has 1 rings (SSSR count). The molecule has 2 atom stereocenters. The van der Waals surface area contributed by atoms with Crippen molar-refractivity contribution in [3.8, 4) is 0 Å². The largest absolute Gasteiger partial charge is 0.347 e. The van der Waals surface area contributed by atoms with Gasteiger partial charge in [0.15, 0.2) is 0 Å². The number of piperazine rings is 1. The van der Waals surface area contributed by atoms with Crippen molar-refractivity contribution in [1.29, 1.82) is 0 Å². The van der Waals surface area contributed by atoms with Gasteiger partial charge >= 0.3 is 0 Å². The molecule has 2 amide bonds. The van der Waals surface area contributed by atoms with E-state index in [1.165, 1.54) is 0 Å². The highest BCUT2D eigenvalue weighted by Gasteiger charge is 2.32. The number of carbonyl (C=O) groups excluding carboxylic acids is 2. The fraction of sp³-hybridized carbons (Fsp3) is 0.846. The van der Waals surface area contributed by atoms with E-state index in [4.69, 9.17) is 0 Å². The monoisotopic (exact) mass is 255 g/mol. The second-order valence-corrected chi connectivity index (χ2v) is 5.26. The van der Waals surface area contributed by atoms with E-state index in [2.05, 4.69) is 19.2 Å². The Balaban J connectivity index is 2.70. The molecule has 1 fully saturated rings. The topological polar surface area (TPSA) is 52.7 Å². The predicted molar refractivity (Wildman–Crippen MR) is 71.1 cm³/mol. The number of amides is 2. The van der Waals surface area contributed by atoms with E-state index in [0.29, 0.717) is 25.4 Å². The van der Waals surface area contributed by atoms with E-state index < -0.39 is 0 Å². The summed E-state index contributed by atoms with van der Waals surface area (Å²) < 4.78 is 0. The third-order valence-electron chi connectivity index (χ3n) is 3.51. The second-order valence-electron chi connectivity index (χ2n) is 5.26. The van der Waals surface area contributed by atoms with Crippen molar-refractivity contribution in [2.24, 2.45) is 5.92 Å². The van der Waals surface area contributed by atoms with Gasteiger partial charge in [-0.05, 0) is 5.92 Å². The number of likely N-dealkylation sites (N-methyl/N-ethyl adjacent to an activating group) is 1. The average Bonchev–Trinajstić information content (AvgIpc) is 2.37. The number of rotatable bonds is 4. The highest BCUT2D eigenvalue weighted by Crippen LogP contribution is 2.13. The first-order valence-corrected chi connectivity index (χ1v) is 6.68. The molecule has 0 aromatic heterocycles. The predicted octanol–water partition coefficient (Wildman–Crippen LogP) is 0.311. The Morgan fingerprint density at radius 1 is 1.44 bits per heavy atom. The van der Waals surface area contributed by atoms with Crippen LogP contribution < -0.4 is 5.32 Å². The van der Waals surface area contributed by atoms with Crippen molar-refractivity contribution in [3.63, 3.8) is 0 Å². The molecule has 0 saturated carbocycles. The number of nitrogens with zero attached hydrogens (tertiary/aromatic N) is 2. The van der Waals surface area contributed by atoms with Crippen molar-refractivity contribution in [3.05, 3.63) is 0 Å². The molecule has 0 spiro atoms. The van der Waals surface area contributed by atoms with Crippen LogP contribution in [0, 0.1) is 5.92 Å². The Bertz CT molecular complexity index is 305. The van der Waals surface area contributed by atoms with Gasteiger partial charge in [0, 0.05) is 40.2 Å². The Morgan fingerprint density at radius 2 is 2.11 bits per heavy atom. The van der Waals surface area contributed by atoms with Gasteiger partial charge in [-0.25, -0.2) is 0 Å². The average molecular weight is 255 g/mol. The molecule has 18 heavy (non-hydrogen) atoms. The second kappa shape index (κ2) is 6.73. The van der Waals surface area contributed by atoms with Crippen LogP contribution in [-0.2, 0) is 9.59 Å². The quantitative estimate of drug-likeness (QED) is 0.786. The van der Waals surface area contributed by atoms with Gasteiger partial charge in [0.05, 0.1) is 0 Å². The molecule has 1 aliphatic heterocycles. The molecular formula is C13H25N3O2. The van der Waals surface area contributed by atoms with Crippen LogP contribution in [0.5, 0.6) is 0 Å². The summed E-state index contributed by atoms with van der Waals surface area (Å²) in [5.41, 5.74) is 0. The lowest BCUT2D eigenvalue weighted by atomic mass is 10.0. The fourth-order valence-electron chi connectivity index (χ4n) is 2.08. The first-order chi connectivity index (χ1) is 8.47. The maximum atomic E-state index is 12.2. The molecule has 5 nitrogen and oxygen atoms in total. The zero-order valence-electron chi connectivity index (χ0n) is 11.9. The smallest absolute Gasteiger partial charge is 0.246 e. The molecular weight excluding hydrogens is 230 g/mol. The van der Waals surface area contributed by atoms with E-state index in [9.17, 15) is 9.59 Å². The third kappa shape index (κ3) is 3.70. The molecule has 1 N–H and O–H groups in total. The summed E-state index contributed by atoms with van der Waals surface area (Å²) in [6.45, 7) is 6.10. The molecule has 2 unspecified atom stereocenters. The molecule has 1 aliphatic rings. The van der Waals surface area contributed by atoms with E-state index in [0.717, 1.165) is 13.0 Å². The van der Waals surface area contributed by atoms with Crippen molar-refractivity contribution in [1.82, 2.24) is 15.1 Å². The highest BCUT2D eigenvalue weighted by molar-refractivity contribution is 5.88. The minimum atomic E-state index is -0.342. The number of carbonyl (C=O) groups is 2. The van der Waals surface area contributed by atoms with E-state index >= 15 is 0 Å². The van der Waals surface area contributed by atoms with Crippen molar-refractivity contribution >= 4 is 11.8 Å². The molecule has 0 aromatic rings. The molecule has 5 heteroatoms. The Labute approximate surface area is 110 Å². The molecule has 0 aliphatic carbocycles. The van der Waals surface area contributed by atoms with Crippen LogP contribution >= 0.6 is 0 Å². The normalized spacial score (nSPS) is 21.6. The Morgan fingerprint density at radius 3 is 2.67 bits per heavy atom. The lowest BCUT2D eigenvalue weighted by Crippen LogP contribution is -2.59. The summed E-state index contributed by atoms with van der Waals surface area (Å²) in [5, 5.41) is 3.18. The SMILES string of the molecule is CCC(C)CC(=O)N1CCNCC1C(=O)N(C)C. The van der Waals surface area contributed by atoms with Gasteiger partial charge in [-0.1, -0.05) is 20.3 Å². The van der Waals surface area contributed by atoms with Crippen molar-refractivity contribution in [2.75, 3.05) is 33.7 Å². The lowest BCUT2D eigenvalue weighted by molar-refractivity contribution is -0.146. The maximum Gasteiger partial charge on any atom is 0.246 e. The van der Waals surface area contributed by atoms with Crippen molar-refractivity contribution in [2.45, 2.75) is 32.7 Å². The van der Waals surface area contributed by atoms with Gasteiger partial charge in [0.2, 0.25) is 11.8 Å². The van der Waals surface area contributed by atoms with Crippen LogP contribution in [0.15, 0.2) is 0 Å². The highest BCUT2D eigenvalue weighted by atomic mass is 16.2. The van der Waals surface area contributed by atoms with Crippen LogP contribution in [0.25, 0.3) is 0 Å². The first-order valence-electron chi connectivity index (χ1n) is 6.68. The molecule has 0 radical (unpaired) electrons. The van der Waals surface area contributed by atoms with Gasteiger partial charge < -0.3 is 15.1 Å². The fourth-order valence-corrected chi connectivity index (χ4v) is 2.08. The molecule has 1 saturated heterocycles.